The number of anilines is 1. The fourth-order valence-electron chi connectivity index (χ4n) is 4.94. The number of nitrogens with one attached hydrogen (secondary N) is 1. The number of hydrogen-bond donors (Lipinski definition) is 2. The van der Waals surface area contributed by atoms with Crippen LogP contribution < -0.4 is 16.6 Å². The van der Waals surface area contributed by atoms with Gasteiger partial charge in [0.25, 0.3) is 11.5 Å². The van der Waals surface area contributed by atoms with Gasteiger partial charge in [0.1, 0.15) is 5.00 Å². The fraction of sp³-hybridized carbons (Fsp3) is 0.462. The average Bonchev–Trinajstić information content (AvgIpc) is 3.27. The molecule has 3 heterocycles. The standard InChI is InChI=1S/C26H31N5O4S2/c27-23(33)22-18-7-2-4-9-20(18)37-24(22)29-21(32)16-36-26-28-19-8-3-1-6-17(19)25(34)31(26)11-5-10-30-12-14-35-15-13-30/h1,3,6,8H,2,4-5,7,9-16H2,(H2,27,33)(H,29,32). The summed E-state index contributed by atoms with van der Waals surface area (Å²) in [6.07, 6.45) is 4.60. The van der Waals surface area contributed by atoms with Crippen LogP contribution in [0.25, 0.3) is 10.9 Å². The Hall–Kier alpha value is -2.73. The molecule has 0 bridgehead atoms. The third-order valence-corrected chi connectivity index (χ3v) is 8.97. The summed E-state index contributed by atoms with van der Waals surface area (Å²) in [5, 5.41) is 4.51. The third-order valence-electron chi connectivity index (χ3n) is 6.79. The van der Waals surface area contributed by atoms with E-state index in [1.54, 1.807) is 10.6 Å². The number of carbonyl (C=O) groups excluding carboxylic acids is 2. The number of morpholine rings is 1. The number of fused-ring (bicyclic) bond motifs is 2. The van der Waals surface area contributed by atoms with E-state index in [1.165, 1.54) is 23.1 Å². The maximum absolute atomic E-state index is 13.3. The Morgan fingerprint density at radius 1 is 1.14 bits per heavy atom. The maximum atomic E-state index is 13.3. The molecular formula is C26H31N5O4S2. The molecule has 11 heteroatoms. The van der Waals surface area contributed by atoms with E-state index in [1.807, 2.05) is 18.2 Å². The van der Waals surface area contributed by atoms with Crippen LogP contribution in [-0.4, -0.2) is 64.9 Å². The number of carbonyl (C=O) groups is 2. The summed E-state index contributed by atoms with van der Waals surface area (Å²) in [4.78, 5) is 46.6. The Morgan fingerprint density at radius 3 is 2.73 bits per heavy atom. The van der Waals surface area contributed by atoms with E-state index in [0.717, 1.165) is 75.4 Å². The highest BCUT2D eigenvalue weighted by molar-refractivity contribution is 7.99. The van der Waals surface area contributed by atoms with Gasteiger partial charge in [0.05, 0.1) is 35.4 Å². The molecule has 1 saturated heterocycles. The number of hydrogen-bond acceptors (Lipinski definition) is 8. The van der Waals surface area contributed by atoms with Crippen LogP contribution >= 0.6 is 23.1 Å². The second-order valence-electron chi connectivity index (χ2n) is 9.29. The average molecular weight is 542 g/mol. The van der Waals surface area contributed by atoms with Gasteiger partial charge < -0.3 is 15.8 Å². The summed E-state index contributed by atoms with van der Waals surface area (Å²) in [7, 11) is 0. The van der Waals surface area contributed by atoms with Gasteiger partial charge in [0.2, 0.25) is 5.91 Å². The molecule has 5 rings (SSSR count). The largest absolute Gasteiger partial charge is 0.379 e. The van der Waals surface area contributed by atoms with Crippen molar-refractivity contribution in [3.05, 3.63) is 50.6 Å². The van der Waals surface area contributed by atoms with E-state index in [-0.39, 0.29) is 17.2 Å². The molecule has 1 fully saturated rings. The van der Waals surface area contributed by atoms with Crippen LogP contribution in [0.2, 0.25) is 0 Å². The van der Waals surface area contributed by atoms with Crippen LogP contribution in [0.15, 0.2) is 34.2 Å². The predicted molar refractivity (Wildman–Crippen MR) is 147 cm³/mol. The van der Waals surface area contributed by atoms with Crippen LogP contribution in [0.3, 0.4) is 0 Å². The number of para-hydroxylation sites is 1. The number of nitrogens with two attached hydrogens (primary N) is 1. The van der Waals surface area contributed by atoms with E-state index in [2.05, 4.69) is 10.2 Å². The molecule has 0 saturated carbocycles. The SMILES string of the molecule is NC(=O)c1c(NC(=O)CSc2nc3ccccc3c(=O)n2CCCN2CCOCC2)sc2c1CCCC2. The van der Waals surface area contributed by atoms with Crippen molar-refractivity contribution in [3.63, 3.8) is 0 Å². The minimum absolute atomic E-state index is 0.0645. The van der Waals surface area contributed by atoms with Crippen LogP contribution in [0.4, 0.5) is 5.00 Å². The van der Waals surface area contributed by atoms with Crippen LogP contribution in [0.5, 0.6) is 0 Å². The van der Waals surface area contributed by atoms with Crippen LogP contribution in [0.1, 0.15) is 40.1 Å². The van der Waals surface area contributed by atoms with Gasteiger partial charge in [0, 0.05) is 31.1 Å². The lowest BCUT2D eigenvalue weighted by Crippen LogP contribution is -2.37. The number of aryl methyl sites for hydroxylation is 1. The summed E-state index contributed by atoms with van der Waals surface area (Å²) in [6.45, 7) is 4.64. The van der Waals surface area contributed by atoms with E-state index < -0.39 is 5.91 Å². The Balaban J connectivity index is 1.31. The zero-order valence-corrected chi connectivity index (χ0v) is 22.3. The molecule has 1 aliphatic carbocycles. The normalized spacial score (nSPS) is 16.0. The first-order chi connectivity index (χ1) is 18.0. The molecule has 0 unspecified atom stereocenters. The van der Waals surface area contributed by atoms with Gasteiger partial charge in [-0.05, 0) is 49.8 Å². The number of ether oxygens (including phenoxy) is 1. The van der Waals surface area contributed by atoms with Gasteiger partial charge >= 0.3 is 0 Å². The molecule has 37 heavy (non-hydrogen) atoms. The van der Waals surface area contributed by atoms with E-state index in [9.17, 15) is 14.4 Å². The number of thiophene rings is 1. The first kappa shape index (κ1) is 25.9. The van der Waals surface area contributed by atoms with Crippen molar-refractivity contribution >= 4 is 50.8 Å². The summed E-state index contributed by atoms with van der Waals surface area (Å²) in [6, 6.07) is 7.28. The second kappa shape index (κ2) is 11.8. The van der Waals surface area contributed by atoms with Gasteiger partial charge in [-0.3, -0.25) is 23.9 Å². The number of nitrogens with zero attached hydrogens (tertiary/aromatic N) is 3. The lowest BCUT2D eigenvalue weighted by Gasteiger charge is -2.26. The first-order valence-corrected chi connectivity index (χ1v) is 14.5. The summed E-state index contributed by atoms with van der Waals surface area (Å²) in [5.74, 6) is -0.698. The lowest BCUT2D eigenvalue weighted by molar-refractivity contribution is -0.113. The molecule has 2 amide bonds. The number of primary amides is 1. The highest BCUT2D eigenvalue weighted by Gasteiger charge is 2.25. The minimum atomic E-state index is -0.507. The molecule has 0 spiro atoms. The molecule has 0 atom stereocenters. The number of aromatic nitrogens is 2. The summed E-state index contributed by atoms with van der Waals surface area (Å²) in [5.41, 5.74) is 7.61. The minimum Gasteiger partial charge on any atom is -0.379 e. The molecule has 2 aromatic heterocycles. The van der Waals surface area contributed by atoms with Crippen LogP contribution in [0, 0.1) is 0 Å². The van der Waals surface area contributed by atoms with Crippen molar-refractivity contribution in [2.24, 2.45) is 5.73 Å². The number of amides is 2. The van der Waals surface area contributed by atoms with Crippen molar-refractivity contribution < 1.29 is 14.3 Å². The Labute approximate surface area is 223 Å². The van der Waals surface area contributed by atoms with Crippen molar-refractivity contribution in [2.45, 2.75) is 43.8 Å². The summed E-state index contributed by atoms with van der Waals surface area (Å²) < 4.78 is 7.10. The van der Waals surface area contributed by atoms with E-state index >= 15 is 0 Å². The van der Waals surface area contributed by atoms with Crippen molar-refractivity contribution in [2.75, 3.05) is 43.9 Å². The molecule has 1 aliphatic heterocycles. The van der Waals surface area contributed by atoms with Gasteiger partial charge in [0.15, 0.2) is 5.16 Å². The quantitative estimate of drug-likeness (QED) is 0.316. The second-order valence-corrected chi connectivity index (χ2v) is 11.3. The van der Waals surface area contributed by atoms with E-state index in [4.69, 9.17) is 15.5 Å². The third kappa shape index (κ3) is 5.90. The molecule has 0 radical (unpaired) electrons. The van der Waals surface area contributed by atoms with Crippen molar-refractivity contribution in [1.82, 2.24) is 14.5 Å². The molecule has 9 nitrogen and oxygen atoms in total. The number of thioether (sulfide) groups is 1. The van der Waals surface area contributed by atoms with Gasteiger partial charge in [-0.15, -0.1) is 11.3 Å². The molecule has 1 aromatic carbocycles. The Morgan fingerprint density at radius 2 is 1.92 bits per heavy atom. The van der Waals surface area contributed by atoms with Gasteiger partial charge in [-0.1, -0.05) is 23.9 Å². The van der Waals surface area contributed by atoms with E-state index in [0.29, 0.717) is 33.2 Å². The Bertz CT molecular complexity index is 1360. The molecule has 3 N–H and O–H groups in total. The molecule has 196 valence electrons. The Kier molecular flexibility index (Phi) is 8.23. The van der Waals surface area contributed by atoms with Gasteiger partial charge in [-0.25, -0.2) is 4.98 Å². The maximum Gasteiger partial charge on any atom is 0.262 e. The van der Waals surface area contributed by atoms with Crippen LogP contribution in [-0.2, 0) is 28.9 Å². The molecule has 2 aliphatic rings. The van der Waals surface area contributed by atoms with Crippen molar-refractivity contribution in [1.29, 1.82) is 0 Å². The zero-order valence-electron chi connectivity index (χ0n) is 20.7. The fourth-order valence-corrected chi connectivity index (χ4v) is 7.08. The van der Waals surface area contributed by atoms with Gasteiger partial charge in [-0.2, -0.15) is 0 Å². The lowest BCUT2D eigenvalue weighted by atomic mass is 9.95. The zero-order chi connectivity index (χ0) is 25.8. The van der Waals surface area contributed by atoms with Crippen molar-refractivity contribution in [3.8, 4) is 0 Å². The first-order valence-electron chi connectivity index (χ1n) is 12.7. The highest BCUT2D eigenvalue weighted by Crippen LogP contribution is 2.38. The highest BCUT2D eigenvalue weighted by atomic mass is 32.2. The predicted octanol–water partition coefficient (Wildman–Crippen LogP) is 2.89. The smallest absolute Gasteiger partial charge is 0.262 e. The molecular weight excluding hydrogens is 510 g/mol. The summed E-state index contributed by atoms with van der Waals surface area (Å²) >= 11 is 2.68. The monoisotopic (exact) mass is 541 g/mol. The number of benzene rings is 1. The molecule has 3 aromatic rings. The number of rotatable bonds is 9. The topological polar surface area (TPSA) is 120 Å².